The lowest BCUT2D eigenvalue weighted by Gasteiger charge is -2.34. The first-order valence-electron chi connectivity index (χ1n) is 7.20. The molecule has 0 spiro atoms. The number of unbranched alkanes of at least 4 members (excludes halogenated alkanes) is 3. The van der Waals surface area contributed by atoms with Crippen LogP contribution in [0.15, 0.2) is 0 Å². The Morgan fingerprint density at radius 1 is 1.28 bits per heavy atom. The number of amides is 1. The maximum atomic E-state index is 11.6. The Bertz CT molecular complexity index is 230. The van der Waals surface area contributed by atoms with E-state index in [9.17, 15) is 4.79 Å². The summed E-state index contributed by atoms with van der Waals surface area (Å²) in [5.74, 6) is 0.769. The van der Waals surface area contributed by atoms with Gasteiger partial charge in [-0.1, -0.05) is 28.8 Å². The van der Waals surface area contributed by atoms with Gasteiger partial charge >= 0.3 is 0 Å². The molecule has 4 heteroatoms. The summed E-state index contributed by atoms with van der Waals surface area (Å²) < 4.78 is 5.49. The second-order valence-corrected chi connectivity index (χ2v) is 5.87. The van der Waals surface area contributed by atoms with Crippen molar-refractivity contribution in [3.63, 3.8) is 0 Å². The molecular weight excluding hydrogens is 294 g/mol. The molecule has 3 nitrogen and oxygen atoms in total. The second-order valence-electron chi connectivity index (χ2n) is 5.07. The standard InChI is InChI=1S/C14H26BrNO2/c1-2-18-13-9-12(10-13)11-14(17)16-8-6-4-3-5-7-15/h12-13H,2-11H2,1H3,(H,16,17). The highest BCUT2D eigenvalue weighted by Crippen LogP contribution is 2.32. The lowest BCUT2D eigenvalue weighted by atomic mass is 9.80. The van der Waals surface area contributed by atoms with Crippen molar-refractivity contribution >= 4 is 21.8 Å². The zero-order chi connectivity index (χ0) is 13.2. The van der Waals surface area contributed by atoms with E-state index in [1.807, 2.05) is 6.92 Å². The van der Waals surface area contributed by atoms with Crippen molar-refractivity contribution in [2.45, 2.75) is 58.0 Å². The van der Waals surface area contributed by atoms with Crippen molar-refractivity contribution < 1.29 is 9.53 Å². The van der Waals surface area contributed by atoms with E-state index >= 15 is 0 Å². The van der Waals surface area contributed by atoms with Crippen LogP contribution in [0, 0.1) is 5.92 Å². The van der Waals surface area contributed by atoms with Crippen LogP contribution in [0.4, 0.5) is 0 Å². The summed E-state index contributed by atoms with van der Waals surface area (Å²) in [4.78, 5) is 11.6. The quantitative estimate of drug-likeness (QED) is 0.496. The van der Waals surface area contributed by atoms with Gasteiger partial charge in [0.15, 0.2) is 0 Å². The maximum Gasteiger partial charge on any atom is 0.220 e. The average molecular weight is 320 g/mol. The summed E-state index contributed by atoms with van der Waals surface area (Å²) in [5, 5.41) is 4.10. The fourth-order valence-electron chi connectivity index (χ4n) is 2.35. The van der Waals surface area contributed by atoms with Crippen LogP contribution in [0.5, 0.6) is 0 Å². The Labute approximate surface area is 119 Å². The normalized spacial score (nSPS) is 22.6. The van der Waals surface area contributed by atoms with Crippen LogP contribution in [-0.4, -0.2) is 30.5 Å². The minimum absolute atomic E-state index is 0.218. The molecule has 1 rings (SSSR count). The number of nitrogens with one attached hydrogen (secondary N) is 1. The summed E-state index contributed by atoms with van der Waals surface area (Å²) >= 11 is 3.42. The third-order valence-electron chi connectivity index (χ3n) is 3.45. The molecule has 0 atom stereocenters. The number of hydrogen-bond donors (Lipinski definition) is 1. The van der Waals surface area contributed by atoms with Crippen molar-refractivity contribution in [1.29, 1.82) is 0 Å². The third kappa shape index (κ3) is 6.74. The summed E-state index contributed by atoms with van der Waals surface area (Å²) in [6, 6.07) is 0. The van der Waals surface area contributed by atoms with Crippen LogP contribution in [-0.2, 0) is 9.53 Å². The molecule has 18 heavy (non-hydrogen) atoms. The van der Waals surface area contributed by atoms with E-state index in [1.165, 1.54) is 19.3 Å². The van der Waals surface area contributed by atoms with Gasteiger partial charge in [-0.25, -0.2) is 0 Å². The van der Waals surface area contributed by atoms with E-state index in [4.69, 9.17) is 4.74 Å². The fraction of sp³-hybridized carbons (Fsp3) is 0.929. The van der Waals surface area contributed by atoms with Crippen LogP contribution in [0.25, 0.3) is 0 Å². The molecule has 0 heterocycles. The topological polar surface area (TPSA) is 38.3 Å². The van der Waals surface area contributed by atoms with Crippen LogP contribution < -0.4 is 5.32 Å². The predicted octanol–water partition coefficient (Wildman–Crippen LogP) is 3.26. The molecule has 1 aliphatic carbocycles. The Kier molecular flexibility index (Phi) is 8.68. The summed E-state index contributed by atoms with van der Waals surface area (Å²) in [5.41, 5.74) is 0. The summed E-state index contributed by atoms with van der Waals surface area (Å²) in [7, 11) is 0. The highest BCUT2D eigenvalue weighted by molar-refractivity contribution is 9.09. The minimum atomic E-state index is 0.218. The molecule has 0 bridgehead atoms. The average Bonchev–Trinajstić information content (AvgIpc) is 2.31. The van der Waals surface area contributed by atoms with Gasteiger partial charge in [0.2, 0.25) is 5.91 Å². The number of carbonyl (C=O) groups is 1. The molecule has 106 valence electrons. The Morgan fingerprint density at radius 3 is 2.67 bits per heavy atom. The summed E-state index contributed by atoms with van der Waals surface area (Å²) in [6.07, 6.45) is 8.02. The molecule has 1 aliphatic rings. The van der Waals surface area contributed by atoms with Crippen molar-refractivity contribution in [3.05, 3.63) is 0 Å². The molecule has 0 aromatic heterocycles. The van der Waals surface area contributed by atoms with E-state index in [2.05, 4.69) is 21.2 Å². The number of rotatable bonds is 10. The molecule has 0 aromatic rings. The Hall–Kier alpha value is -0.0900. The smallest absolute Gasteiger partial charge is 0.220 e. The first kappa shape index (κ1) is 16.0. The van der Waals surface area contributed by atoms with E-state index in [0.717, 1.165) is 37.7 Å². The van der Waals surface area contributed by atoms with Crippen LogP contribution in [0.3, 0.4) is 0 Å². The highest BCUT2D eigenvalue weighted by Gasteiger charge is 2.30. The SMILES string of the molecule is CCOC1CC(CC(=O)NCCCCCCBr)C1. The van der Waals surface area contributed by atoms with Gasteiger partial charge in [-0.05, 0) is 38.5 Å². The third-order valence-corrected chi connectivity index (χ3v) is 4.01. The largest absolute Gasteiger partial charge is 0.378 e. The zero-order valence-electron chi connectivity index (χ0n) is 11.4. The molecule has 1 saturated carbocycles. The van der Waals surface area contributed by atoms with Crippen LogP contribution in [0.1, 0.15) is 51.9 Å². The first-order valence-corrected chi connectivity index (χ1v) is 8.32. The fourth-order valence-corrected chi connectivity index (χ4v) is 2.74. The molecule has 0 aromatic carbocycles. The first-order chi connectivity index (χ1) is 8.76. The highest BCUT2D eigenvalue weighted by atomic mass is 79.9. The number of hydrogen-bond acceptors (Lipinski definition) is 2. The lowest BCUT2D eigenvalue weighted by Crippen LogP contribution is -2.36. The van der Waals surface area contributed by atoms with Gasteiger partial charge in [-0.3, -0.25) is 4.79 Å². The van der Waals surface area contributed by atoms with E-state index in [1.54, 1.807) is 0 Å². The van der Waals surface area contributed by atoms with Gasteiger partial charge in [0.05, 0.1) is 6.10 Å². The van der Waals surface area contributed by atoms with E-state index in [0.29, 0.717) is 18.4 Å². The molecular formula is C14H26BrNO2. The van der Waals surface area contributed by atoms with Crippen molar-refractivity contribution in [3.8, 4) is 0 Å². The molecule has 1 N–H and O–H groups in total. The van der Waals surface area contributed by atoms with Gasteiger partial charge in [0.25, 0.3) is 0 Å². The second kappa shape index (κ2) is 9.79. The van der Waals surface area contributed by atoms with Crippen molar-refractivity contribution in [1.82, 2.24) is 5.32 Å². The van der Waals surface area contributed by atoms with Gasteiger partial charge in [0.1, 0.15) is 0 Å². The Morgan fingerprint density at radius 2 is 2.00 bits per heavy atom. The van der Waals surface area contributed by atoms with Crippen LogP contribution >= 0.6 is 15.9 Å². The zero-order valence-corrected chi connectivity index (χ0v) is 13.0. The maximum absolute atomic E-state index is 11.6. The van der Waals surface area contributed by atoms with Gasteiger partial charge < -0.3 is 10.1 Å². The van der Waals surface area contributed by atoms with Gasteiger partial charge in [0, 0.05) is 24.9 Å². The number of carbonyl (C=O) groups excluding carboxylic acids is 1. The molecule has 0 saturated heterocycles. The number of ether oxygens (including phenoxy) is 1. The lowest BCUT2D eigenvalue weighted by molar-refractivity contribution is -0.124. The number of halogens is 1. The molecule has 0 unspecified atom stereocenters. The van der Waals surface area contributed by atoms with Gasteiger partial charge in [-0.15, -0.1) is 0 Å². The van der Waals surface area contributed by atoms with E-state index in [-0.39, 0.29) is 5.91 Å². The van der Waals surface area contributed by atoms with E-state index < -0.39 is 0 Å². The van der Waals surface area contributed by atoms with Crippen molar-refractivity contribution in [2.24, 2.45) is 5.92 Å². The Balaban J connectivity index is 1.89. The monoisotopic (exact) mass is 319 g/mol. The predicted molar refractivity (Wildman–Crippen MR) is 78.0 cm³/mol. The molecule has 0 aliphatic heterocycles. The number of alkyl halides is 1. The van der Waals surface area contributed by atoms with Gasteiger partial charge in [-0.2, -0.15) is 0 Å². The summed E-state index contributed by atoms with van der Waals surface area (Å²) in [6.45, 7) is 3.65. The molecule has 1 fully saturated rings. The van der Waals surface area contributed by atoms with Crippen LogP contribution in [0.2, 0.25) is 0 Å². The molecule has 1 amide bonds. The molecule has 0 radical (unpaired) electrons. The van der Waals surface area contributed by atoms with Crippen molar-refractivity contribution in [2.75, 3.05) is 18.5 Å². The minimum Gasteiger partial charge on any atom is -0.378 e.